The highest BCUT2D eigenvalue weighted by Crippen LogP contribution is 2.17. The van der Waals surface area contributed by atoms with E-state index in [-0.39, 0.29) is 5.91 Å². The van der Waals surface area contributed by atoms with E-state index in [1.165, 1.54) is 0 Å². The van der Waals surface area contributed by atoms with Crippen molar-refractivity contribution in [2.45, 2.75) is 20.0 Å². The summed E-state index contributed by atoms with van der Waals surface area (Å²) in [5.74, 6) is 0.839. The lowest BCUT2D eigenvalue weighted by Crippen LogP contribution is -2.46. The Balaban J connectivity index is 1.33. The first-order chi connectivity index (χ1) is 15.7. The second-order valence-corrected chi connectivity index (χ2v) is 7.90. The molecule has 1 fully saturated rings. The molecule has 4 rings (SSSR count). The molecule has 7 nitrogen and oxygen atoms in total. The molecule has 1 aliphatic heterocycles. The van der Waals surface area contributed by atoms with Crippen molar-refractivity contribution in [2.24, 2.45) is 0 Å². The first kappa shape index (κ1) is 21.8. The van der Waals surface area contributed by atoms with E-state index in [0.717, 1.165) is 55.4 Å². The Kier molecular flexibility index (Phi) is 7.30. The lowest BCUT2D eigenvalue weighted by Gasteiger charge is -2.34. The van der Waals surface area contributed by atoms with Crippen LogP contribution >= 0.6 is 0 Å². The number of carbonyl (C=O) groups is 1. The number of pyridine rings is 2. The summed E-state index contributed by atoms with van der Waals surface area (Å²) in [6.07, 6.45) is 3.53. The number of nitrogens with zero attached hydrogens (tertiary/aromatic N) is 4. The zero-order valence-electron chi connectivity index (χ0n) is 18.5. The van der Waals surface area contributed by atoms with Crippen LogP contribution in [0.25, 0.3) is 0 Å². The van der Waals surface area contributed by atoms with Crippen LogP contribution in [0.15, 0.2) is 67.0 Å². The van der Waals surface area contributed by atoms with Crippen LogP contribution in [0.1, 0.15) is 28.5 Å². The van der Waals surface area contributed by atoms with Crippen LogP contribution in [0.2, 0.25) is 0 Å². The van der Waals surface area contributed by atoms with Gasteiger partial charge >= 0.3 is 0 Å². The van der Waals surface area contributed by atoms with E-state index in [0.29, 0.717) is 18.8 Å². The summed E-state index contributed by atoms with van der Waals surface area (Å²) in [7, 11) is 0. The SMILES string of the molecule is CCN1CCN(c2cc(CNc3ccnc(C(=O)NCc4ccccc4)c3)ccn2)CC1. The van der Waals surface area contributed by atoms with E-state index >= 15 is 0 Å². The largest absolute Gasteiger partial charge is 0.381 e. The van der Waals surface area contributed by atoms with Gasteiger partial charge in [0, 0.05) is 57.3 Å². The molecule has 3 heterocycles. The molecule has 166 valence electrons. The maximum Gasteiger partial charge on any atom is 0.270 e. The first-order valence-electron chi connectivity index (χ1n) is 11.2. The predicted molar refractivity (Wildman–Crippen MR) is 128 cm³/mol. The topological polar surface area (TPSA) is 73.4 Å². The summed E-state index contributed by atoms with van der Waals surface area (Å²) >= 11 is 0. The van der Waals surface area contributed by atoms with Gasteiger partial charge in [0.25, 0.3) is 5.91 Å². The average Bonchev–Trinajstić information content (AvgIpc) is 2.87. The Labute approximate surface area is 189 Å². The number of nitrogens with one attached hydrogen (secondary N) is 2. The maximum absolute atomic E-state index is 12.5. The van der Waals surface area contributed by atoms with Crippen LogP contribution in [0.5, 0.6) is 0 Å². The summed E-state index contributed by atoms with van der Waals surface area (Å²) in [6, 6.07) is 17.7. The number of hydrogen-bond acceptors (Lipinski definition) is 6. The molecule has 0 saturated carbocycles. The van der Waals surface area contributed by atoms with Crippen LogP contribution in [0.4, 0.5) is 11.5 Å². The van der Waals surface area contributed by atoms with Crippen molar-refractivity contribution in [3.8, 4) is 0 Å². The van der Waals surface area contributed by atoms with Gasteiger partial charge in [-0.2, -0.15) is 0 Å². The summed E-state index contributed by atoms with van der Waals surface area (Å²) in [5.41, 5.74) is 3.47. The Morgan fingerprint density at radius 1 is 0.906 bits per heavy atom. The molecule has 7 heteroatoms. The van der Waals surface area contributed by atoms with Gasteiger partial charge in [0.1, 0.15) is 11.5 Å². The lowest BCUT2D eigenvalue weighted by molar-refractivity contribution is 0.0946. The molecular weight excluding hydrogens is 400 g/mol. The van der Waals surface area contributed by atoms with E-state index in [1.54, 1.807) is 12.3 Å². The van der Waals surface area contributed by atoms with E-state index in [1.807, 2.05) is 48.7 Å². The fraction of sp³-hybridized carbons (Fsp3) is 0.320. The quantitative estimate of drug-likeness (QED) is 0.572. The Hall–Kier alpha value is -3.45. The van der Waals surface area contributed by atoms with Crippen molar-refractivity contribution in [1.29, 1.82) is 0 Å². The van der Waals surface area contributed by atoms with Gasteiger partial charge < -0.3 is 20.4 Å². The van der Waals surface area contributed by atoms with Crippen LogP contribution in [-0.2, 0) is 13.1 Å². The molecule has 3 aromatic rings. The van der Waals surface area contributed by atoms with Crippen LogP contribution in [-0.4, -0.2) is 53.5 Å². The molecule has 0 spiro atoms. The standard InChI is InChI=1S/C25H30N6O/c1-2-30-12-14-31(15-13-30)24-16-21(8-10-27-24)19-28-22-9-11-26-23(17-22)25(32)29-18-20-6-4-3-5-7-20/h3-11,16-17H,2,12-15,18-19H2,1H3,(H,26,28)(H,29,32). The summed E-state index contributed by atoms with van der Waals surface area (Å²) in [5, 5.41) is 6.32. The fourth-order valence-electron chi connectivity index (χ4n) is 3.77. The van der Waals surface area contributed by atoms with Gasteiger partial charge in [0.15, 0.2) is 0 Å². The molecule has 1 saturated heterocycles. The van der Waals surface area contributed by atoms with E-state index in [4.69, 9.17) is 0 Å². The highest BCUT2D eigenvalue weighted by Gasteiger charge is 2.17. The van der Waals surface area contributed by atoms with Crippen LogP contribution in [0.3, 0.4) is 0 Å². The van der Waals surface area contributed by atoms with E-state index < -0.39 is 0 Å². The van der Waals surface area contributed by atoms with Gasteiger partial charge in [-0.05, 0) is 41.9 Å². The minimum absolute atomic E-state index is 0.185. The molecule has 0 radical (unpaired) electrons. The van der Waals surface area contributed by atoms with Gasteiger partial charge in [-0.1, -0.05) is 37.3 Å². The monoisotopic (exact) mass is 430 g/mol. The molecule has 0 unspecified atom stereocenters. The van der Waals surface area contributed by atoms with Crippen molar-refractivity contribution in [3.05, 3.63) is 83.8 Å². The molecule has 1 amide bonds. The molecule has 32 heavy (non-hydrogen) atoms. The Morgan fingerprint density at radius 2 is 1.69 bits per heavy atom. The number of hydrogen-bond donors (Lipinski definition) is 2. The molecule has 0 aliphatic carbocycles. The zero-order valence-corrected chi connectivity index (χ0v) is 18.5. The summed E-state index contributed by atoms with van der Waals surface area (Å²) in [6.45, 7) is 8.60. The molecule has 2 aromatic heterocycles. The number of piperazine rings is 1. The molecule has 1 aliphatic rings. The van der Waals surface area contributed by atoms with Crippen LogP contribution < -0.4 is 15.5 Å². The Bertz CT molecular complexity index is 1020. The first-order valence-corrected chi connectivity index (χ1v) is 11.2. The van der Waals surface area contributed by atoms with Crippen LogP contribution in [0, 0.1) is 0 Å². The number of amides is 1. The van der Waals surface area contributed by atoms with Gasteiger partial charge in [-0.15, -0.1) is 0 Å². The summed E-state index contributed by atoms with van der Waals surface area (Å²) < 4.78 is 0. The molecule has 0 bridgehead atoms. The zero-order chi connectivity index (χ0) is 22.2. The van der Waals surface area contributed by atoms with Crippen molar-refractivity contribution in [3.63, 3.8) is 0 Å². The second-order valence-electron chi connectivity index (χ2n) is 7.90. The number of anilines is 2. The average molecular weight is 431 g/mol. The van der Waals surface area contributed by atoms with E-state index in [2.05, 4.69) is 43.4 Å². The molecule has 0 atom stereocenters. The second kappa shape index (κ2) is 10.7. The van der Waals surface area contributed by atoms with Gasteiger partial charge in [-0.3, -0.25) is 9.78 Å². The van der Waals surface area contributed by atoms with Gasteiger partial charge in [0.05, 0.1) is 0 Å². The van der Waals surface area contributed by atoms with Gasteiger partial charge in [-0.25, -0.2) is 4.98 Å². The molecular formula is C25H30N6O. The number of likely N-dealkylation sites (N-methyl/N-ethyl adjacent to an activating group) is 1. The summed E-state index contributed by atoms with van der Waals surface area (Å²) in [4.78, 5) is 26.1. The lowest BCUT2D eigenvalue weighted by atomic mass is 10.2. The molecule has 1 aromatic carbocycles. The fourth-order valence-corrected chi connectivity index (χ4v) is 3.77. The highest BCUT2D eigenvalue weighted by molar-refractivity contribution is 5.93. The third-order valence-electron chi connectivity index (χ3n) is 5.74. The number of aromatic nitrogens is 2. The third-order valence-corrected chi connectivity index (χ3v) is 5.74. The van der Waals surface area contributed by atoms with Crippen molar-refractivity contribution >= 4 is 17.4 Å². The number of benzene rings is 1. The predicted octanol–water partition coefficient (Wildman–Crippen LogP) is 3.16. The maximum atomic E-state index is 12.5. The molecule has 2 N–H and O–H groups in total. The highest BCUT2D eigenvalue weighted by atomic mass is 16.1. The van der Waals surface area contributed by atoms with Crippen molar-refractivity contribution in [2.75, 3.05) is 42.9 Å². The minimum Gasteiger partial charge on any atom is -0.381 e. The Morgan fingerprint density at radius 3 is 2.47 bits per heavy atom. The number of rotatable bonds is 8. The normalized spacial score (nSPS) is 14.2. The number of carbonyl (C=O) groups excluding carboxylic acids is 1. The minimum atomic E-state index is -0.185. The third kappa shape index (κ3) is 5.82. The smallest absolute Gasteiger partial charge is 0.270 e. The van der Waals surface area contributed by atoms with E-state index in [9.17, 15) is 4.79 Å². The van der Waals surface area contributed by atoms with Gasteiger partial charge in [0.2, 0.25) is 0 Å². The van der Waals surface area contributed by atoms with Crippen molar-refractivity contribution in [1.82, 2.24) is 20.2 Å². The van der Waals surface area contributed by atoms with Crippen molar-refractivity contribution < 1.29 is 4.79 Å².